The third-order valence-electron chi connectivity index (χ3n) is 25.3. The third-order valence-corrected chi connectivity index (χ3v) is 27.7. The van der Waals surface area contributed by atoms with Gasteiger partial charge in [-0.1, -0.05) is 53.0 Å². The average Bonchev–Trinajstić information content (AvgIpc) is 1.30. The van der Waals surface area contributed by atoms with Crippen LogP contribution in [0.5, 0.6) is 0 Å². The summed E-state index contributed by atoms with van der Waals surface area (Å²) in [5.74, 6) is -27.8. The van der Waals surface area contributed by atoms with Gasteiger partial charge in [0.05, 0.1) is 57.9 Å². The van der Waals surface area contributed by atoms with Gasteiger partial charge in [-0.15, -0.1) is 0 Å². The van der Waals surface area contributed by atoms with Crippen LogP contribution in [0.3, 0.4) is 0 Å². The van der Waals surface area contributed by atoms with Crippen molar-refractivity contribution >= 4 is 168 Å². The number of carbonyl (C=O) groups excluding carboxylic acids is 17. The summed E-state index contributed by atoms with van der Waals surface area (Å²) in [5.41, 5.74) is 18.9. The van der Waals surface area contributed by atoms with E-state index in [9.17, 15) is 101 Å². The Balaban J connectivity index is 0.943. The number of pyridine rings is 1. The number of nitrogens with one attached hydrogen (secondary N) is 16. The number of rotatable bonds is 43. The van der Waals surface area contributed by atoms with Crippen molar-refractivity contribution < 1.29 is 135 Å². The predicted octanol–water partition coefficient (Wildman–Crippen LogP) is -6.81. The number of nitrogens with two attached hydrogens (primary N) is 3. The van der Waals surface area contributed by atoms with Crippen LogP contribution in [0.25, 0.3) is 21.9 Å². The molecular formula is C93H124F2N26O26S2. The van der Waals surface area contributed by atoms with Crippen molar-refractivity contribution in [2.75, 3.05) is 103 Å². The summed E-state index contributed by atoms with van der Waals surface area (Å²) in [6.07, 6.45) is 1.28. The number of aromatic nitrogens is 5. The topological polar surface area (TPSA) is 783 Å². The van der Waals surface area contributed by atoms with Gasteiger partial charge in [-0.05, 0) is 104 Å². The minimum absolute atomic E-state index is 0.0289. The van der Waals surface area contributed by atoms with E-state index < -0.39 is 284 Å². The first-order valence-corrected chi connectivity index (χ1v) is 50.5. The van der Waals surface area contributed by atoms with Crippen LogP contribution in [0.15, 0.2) is 85.7 Å². The number of carbonyl (C=O) groups is 21. The number of aliphatic hydroxyl groups excluding tert-OH is 1. The van der Waals surface area contributed by atoms with Gasteiger partial charge in [-0.3, -0.25) is 120 Å². The van der Waals surface area contributed by atoms with E-state index >= 15 is 33.6 Å². The maximum absolute atomic E-state index is 15.8. The molecule has 0 unspecified atom stereocenters. The highest BCUT2D eigenvalue weighted by atomic mass is 33.1. The lowest BCUT2D eigenvalue weighted by Gasteiger charge is -2.42. The molecule has 6 aromatic rings. The van der Waals surface area contributed by atoms with Crippen LogP contribution in [-0.2, 0) is 126 Å². The van der Waals surface area contributed by atoms with Gasteiger partial charge < -0.3 is 132 Å². The Kier molecular flexibility index (Phi) is 43.9. The molecule has 7 heterocycles. The standard InChI is InChI=1S/C93H124F2N26O26S2/c1-48(122)79(116-88(142)63(105-49(2)123)31-53-38-102-59-16-15-55(95)33-58(53)59)92(146)112-62(29-50-7-5-8-50)83(137)114-69-45-148-149-46-70(115-87(141)67(37-75(127)128)111-84(138)64(34-56-40-99-47-104-56)108-82(136)61(30-51-11-13-54(94)14-12-51)107-85(139)65(35-72(96)124)109-86(140)66(36-73(97)125)110-89(69)143)90(144)113-68(32-52-39-103-81-57(52)9-6-19-101-81)93(147)121-20-17-71(121)91(145)106-60(80(98)135)10-3-4-18-100-74(126)41-117-21-23-118(42-76(129)130)25-27-120(44-78(133)134)28-26-119(24-22-117)43-77(131)132/h6,9,11-16,19,33,38-40,47-48,50,60-71,79,102,122H,3-5,7-8,10,17-18,20-32,34-37,41-46H2,1-2H3,(H2,96,124)(H2,97,125)(H2,98,135)(H,99,104)(H,100,126)(H,101,103)(H,105,123)(H,106,145)(H,107,139)(H,108,136)(H,109,140)(H,110,143)(H,111,138)(H,112,146)(H,113,144)(H,114,137)(H,115,141)(H,116,142)(H,127,128)(H,129,130)(H,131,132)(H,133,134)/t48-,60-,61+,62+,63+,64+,65+,66+,67+,68+,69+,70+,71+,79+/m1/s1. The number of aliphatic carboxylic acids is 4. The molecule has 14 atom stereocenters. The van der Waals surface area contributed by atoms with Gasteiger partial charge >= 0.3 is 23.9 Å². The number of likely N-dealkylation sites (tertiary alicyclic amines) is 1. The Morgan fingerprint density at radius 2 is 1.06 bits per heavy atom. The van der Waals surface area contributed by atoms with Gasteiger partial charge in [-0.2, -0.15) is 0 Å². The number of fused-ring (bicyclic) bond motifs is 2. The molecule has 1 saturated carbocycles. The summed E-state index contributed by atoms with van der Waals surface area (Å²) in [6, 6.07) is -12.7. The molecule has 17 amide bonds. The molecule has 4 aliphatic rings. The van der Waals surface area contributed by atoms with Crippen LogP contribution in [0.2, 0.25) is 0 Å². The van der Waals surface area contributed by atoms with E-state index in [2.05, 4.69) is 94.0 Å². The number of amides is 17. The summed E-state index contributed by atoms with van der Waals surface area (Å²) in [7, 11) is 1.25. The van der Waals surface area contributed by atoms with Crippen molar-refractivity contribution in [3.63, 3.8) is 0 Å². The van der Waals surface area contributed by atoms with Gasteiger partial charge in [0.25, 0.3) is 0 Å². The van der Waals surface area contributed by atoms with E-state index in [4.69, 9.17) is 17.2 Å². The fourth-order valence-corrected chi connectivity index (χ4v) is 19.4. The molecule has 149 heavy (non-hydrogen) atoms. The molecule has 4 aromatic heterocycles. The van der Waals surface area contributed by atoms with Gasteiger partial charge in [0.1, 0.15) is 95.8 Å². The first kappa shape index (κ1) is 116. The Hall–Kier alpha value is -14.9. The van der Waals surface area contributed by atoms with Crippen LogP contribution in [0.1, 0.15) is 107 Å². The number of aliphatic hydroxyl groups is 1. The lowest BCUT2D eigenvalue weighted by atomic mass is 9.80. The number of benzene rings is 2. The zero-order valence-corrected chi connectivity index (χ0v) is 83.0. The number of nitrogens with zero attached hydrogens (tertiary/aromatic N) is 7. The second kappa shape index (κ2) is 56.3. The molecule has 0 radical (unpaired) electrons. The number of primary amides is 3. The molecule has 3 saturated heterocycles. The Bertz CT molecular complexity index is 5790. The molecule has 0 bridgehead atoms. The fourth-order valence-electron chi connectivity index (χ4n) is 17.1. The van der Waals surface area contributed by atoms with Crippen molar-refractivity contribution in [3.8, 4) is 0 Å². The fraction of sp³-hybridized carbons (Fsp3) is 0.516. The number of imidazole rings is 1. The van der Waals surface area contributed by atoms with E-state index in [1.54, 1.807) is 31.7 Å². The first-order chi connectivity index (χ1) is 70.9. The van der Waals surface area contributed by atoms with E-state index in [0.29, 0.717) is 73.9 Å². The summed E-state index contributed by atoms with van der Waals surface area (Å²) < 4.78 is 29.1. The van der Waals surface area contributed by atoms with E-state index in [1.165, 1.54) is 61.4 Å². The lowest BCUT2D eigenvalue weighted by Crippen LogP contribution is -2.65. The summed E-state index contributed by atoms with van der Waals surface area (Å²) in [4.78, 5) is 319. The predicted molar refractivity (Wildman–Crippen MR) is 526 cm³/mol. The molecule has 10 rings (SSSR count). The monoisotopic (exact) mass is 2120 g/mol. The quantitative estimate of drug-likeness (QED) is 0.0125. The largest absolute Gasteiger partial charge is 0.481 e. The molecule has 3 aliphatic heterocycles. The highest BCUT2D eigenvalue weighted by Crippen LogP contribution is 2.32. The first-order valence-electron chi connectivity index (χ1n) is 48.0. The Labute approximate surface area is 857 Å². The maximum atomic E-state index is 15.8. The maximum Gasteiger partial charge on any atom is 0.317 e. The number of hydrogen-bond acceptors (Lipinski definition) is 30. The van der Waals surface area contributed by atoms with Gasteiger partial charge in [0.15, 0.2) is 0 Å². The van der Waals surface area contributed by atoms with Crippen LogP contribution >= 0.6 is 21.6 Å². The Morgan fingerprint density at radius 1 is 0.523 bits per heavy atom. The lowest BCUT2D eigenvalue weighted by molar-refractivity contribution is -0.150. The van der Waals surface area contributed by atoms with Crippen LogP contribution in [0.4, 0.5) is 8.78 Å². The molecule has 56 heteroatoms. The number of carboxylic acids is 4. The van der Waals surface area contributed by atoms with E-state index in [0.717, 1.165) is 30.9 Å². The molecule has 27 N–H and O–H groups in total. The van der Waals surface area contributed by atoms with Crippen molar-refractivity contribution in [1.82, 2.24) is 119 Å². The Morgan fingerprint density at radius 3 is 1.60 bits per heavy atom. The zero-order chi connectivity index (χ0) is 108. The van der Waals surface area contributed by atoms with Crippen LogP contribution < -0.4 is 86.3 Å². The highest BCUT2D eigenvalue weighted by molar-refractivity contribution is 8.76. The normalized spacial score (nSPS) is 21.0. The third kappa shape index (κ3) is 36.6. The number of carboxylic acid groups (broad SMARTS) is 4. The second-order valence-electron chi connectivity index (χ2n) is 36.7. The minimum Gasteiger partial charge on any atom is -0.481 e. The number of halogens is 2. The van der Waals surface area contributed by atoms with Crippen LogP contribution in [0, 0.1) is 17.6 Å². The van der Waals surface area contributed by atoms with Gasteiger partial charge in [0.2, 0.25) is 100 Å². The highest BCUT2D eigenvalue weighted by Gasteiger charge is 2.45. The molecular weight excluding hydrogens is 2000 g/mol. The number of hydrogen-bond donors (Lipinski definition) is 24. The molecule has 4 fully saturated rings. The number of aromatic amines is 3. The SMILES string of the molecule is CC(=O)N[C@@H](Cc1c[nH]c2ccc(F)cc12)C(=O)N[C@H](C(=O)N[C@@H](CC1CCC1)C(=O)N[C@H]1CSSC[C@@H](C(=O)N[C@@H](Cc2c[nH]c3ncccc23)C(=O)N2CC[C@H]2C(=O)N[C@H](CCCCNC(=O)CN2CCN(CC(=O)O)CCN(CC(=O)O)CCN(CC(=O)O)CC2)C(N)=O)NC(=O)[C@H](CC(=O)O)NC(=O)[C@H](Cc2cnc[nH]2)NC(=O)[C@H](Cc2ccc(F)cc2)NC(=O)[C@H](CC(N)=O)NC(=O)[C@H](CC(N)=O)NC1=O)[C@@H](C)O. The molecule has 1 aliphatic carbocycles. The smallest absolute Gasteiger partial charge is 0.317 e. The minimum atomic E-state index is -2.24. The van der Waals surface area contributed by atoms with Crippen molar-refractivity contribution in [2.24, 2.45) is 23.1 Å². The molecule has 808 valence electrons. The van der Waals surface area contributed by atoms with Crippen molar-refractivity contribution in [3.05, 3.63) is 120 Å². The summed E-state index contributed by atoms with van der Waals surface area (Å²) in [5, 5.41) is 83.8. The molecule has 52 nitrogen and oxygen atoms in total. The average molecular weight is 2120 g/mol. The van der Waals surface area contributed by atoms with Gasteiger partial charge in [-0.25, -0.2) is 18.7 Å². The van der Waals surface area contributed by atoms with Crippen molar-refractivity contribution in [2.45, 2.75) is 195 Å². The van der Waals surface area contributed by atoms with E-state index in [-0.39, 0.29) is 134 Å². The van der Waals surface area contributed by atoms with Crippen LogP contribution in [-0.4, -0.2) is 387 Å². The number of H-pyrrole nitrogens is 3. The van der Waals surface area contributed by atoms with Gasteiger partial charge in [0, 0.05) is 156 Å². The van der Waals surface area contributed by atoms with E-state index in [1.807, 2.05) is 0 Å². The van der Waals surface area contributed by atoms with Crippen molar-refractivity contribution in [1.29, 1.82) is 0 Å². The zero-order valence-electron chi connectivity index (χ0n) is 81.4. The summed E-state index contributed by atoms with van der Waals surface area (Å²) >= 11 is 0. The molecule has 0 spiro atoms. The summed E-state index contributed by atoms with van der Waals surface area (Å²) in [6.45, 7) is 1.86. The number of unbranched alkanes of at least 4 members (excludes halogenated alkanes) is 1. The molecule has 2 aromatic carbocycles. The second-order valence-corrected chi connectivity index (χ2v) is 39.3.